The lowest BCUT2D eigenvalue weighted by atomic mass is 10.2. The first kappa shape index (κ1) is 16.6. The summed E-state index contributed by atoms with van der Waals surface area (Å²) >= 11 is 0. The molecule has 24 heavy (non-hydrogen) atoms. The van der Waals surface area contributed by atoms with Crippen LogP contribution in [0.4, 0.5) is 10.1 Å². The van der Waals surface area contributed by atoms with Gasteiger partial charge in [-0.25, -0.2) is 17.5 Å². The molecule has 0 spiro atoms. The summed E-state index contributed by atoms with van der Waals surface area (Å²) in [6.07, 6.45) is 1.03. The van der Waals surface area contributed by atoms with Gasteiger partial charge in [0.05, 0.1) is 10.6 Å². The Morgan fingerprint density at radius 1 is 1.12 bits per heavy atom. The third-order valence-electron chi connectivity index (χ3n) is 3.33. The zero-order chi connectivity index (χ0) is 17.4. The highest BCUT2D eigenvalue weighted by atomic mass is 32.2. The zero-order valence-corrected chi connectivity index (χ0v) is 13.7. The van der Waals surface area contributed by atoms with Crippen molar-refractivity contribution in [2.24, 2.45) is 4.40 Å². The number of halogens is 1. The van der Waals surface area contributed by atoms with E-state index >= 15 is 0 Å². The van der Waals surface area contributed by atoms with Crippen LogP contribution >= 0.6 is 0 Å². The highest BCUT2D eigenvalue weighted by Gasteiger charge is 2.24. The van der Waals surface area contributed by atoms with E-state index in [1.807, 2.05) is 0 Å². The molecule has 0 aliphatic carbocycles. The molecule has 0 saturated heterocycles. The minimum Gasteiger partial charge on any atom is -0.345 e. The second-order valence-electron chi connectivity index (χ2n) is 4.96. The summed E-state index contributed by atoms with van der Waals surface area (Å²) < 4.78 is 66.9. The highest BCUT2D eigenvalue weighted by molar-refractivity contribution is 7.91. The van der Waals surface area contributed by atoms with Crippen LogP contribution in [0.25, 0.3) is 0 Å². The number of hydrogen-bond acceptors (Lipinski definition) is 5. The Morgan fingerprint density at radius 3 is 2.54 bits per heavy atom. The molecule has 0 atom stereocenters. The Kier molecular flexibility index (Phi) is 4.11. The van der Waals surface area contributed by atoms with Crippen LogP contribution < -0.4 is 10.0 Å². The van der Waals surface area contributed by atoms with Crippen LogP contribution in [0.2, 0.25) is 0 Å². The molecule has 1 aliphatic rings. The first-order valence-corrected chi connectivity index (χ1v) is 9.64. The van der Waals surface area contributed by atoms with Crippen molar-refractivity contribution >= 4 is 32.1 Å². The number of rotatable bonds is 4. The molecular weight excluding hydrogens is 357 g/mol. The summed E-state index contributed by atoms with van der Waals surface area (Å²) in [6.45, 7) is -0.0527. The van der Waals surface area contributed by atoms with Crippen molar-refractivity contribution < 1.29 is 21.2 Å². The normalized spacial score (nSPS) is 15.5. The molecule has 2 N–H and O–H groups in total. The van der Waals surface area contributed by atoms with Gasteiger partial charge in [-0.3, -0.25) is 0 Å². The van der Waals surface area contributed by atoms with Gasteiger partial charge in [0.2, 0.25) is 10.0 Å². The summed E-state index contributed by atoms with van der Waals surface area (Å²) in [5.74, 6) is -0.422. The quantitative estimate of drug-likeness (QED) is 0.849. The molecule has 7 nitrogen and oxygen atoms in total. The summed E-state index contributed by atoms with van der Waals surface area (Å²) in [6, 6.07) is 9.03. The molecule has 3 rings (SSSR count). The van der Waals surface area contributed by atoms with Crippen molar-refractivity contribution in [3.8, 4) is 0 Å². The van der Waals surface area contributed by atoms with Crippen molar-refractivity contribution in [3.63, 3.8) is 0 Å². The lowest BCUT2D eigenvalue weighted by Crippen LogP contribution is -2.24. The van der Waals surface area contributed by atoms with E-state index in [0.717, 1.165) is 12.4 Å². The van der Waals surface area contributed by atoms with Crippen molar-refractivity contribution in [1.82, 2.24) is 4.72 Å². The molecule has 0 bridgehead atoms. The molecule has 0 amide bonds. The van der Waals surface area contributed by atoms with Gasteiger partial charge < -0.3 is 5.32 Å². The fourth-order valence-electron chi connectivity index (χ4n) is 2.09. The summed E-state index contributed by atoms with van der Waals surface area (Å²) in [7, 11) is -7.86. The Labute approximate surface area is 138 Å². The number of sulfonamides is 2. The molecule has 2 aromatic rings. The SMILES string of the molecule is O=S1(=O)N=CNc2ccc(S(=O)(=O)NCc3ccc(F)cc3)cc21. The first-order valence-electron chi connectivity index (χ1n) is 6.71. The average molecular weight is 369 g/mol. The van der Waals surface area contributed by atoms with Crippen LogP contribution in [0.1, 0.15) is 5.56 Å². The maximum Gasteiger partial charge on any atom is 0.285 e. The minimum atomic E-state index is -3.94. The van der Waals surface area contributed by atoms with Crippen molar-refractivity contribution in [3.05, 3.63) is 53.8 Å². The van der Waals surface area contributed by atoms with Gasteiger partial charge in [-0.05, 0) is 35.9 Å². The predicted octanol–water partition coefficient (Wildman–Crippen LogP) is 1.45. The van der Waals surface area contributed by atoms with Crippen LogP contribution in [0, 0.1) is 5.82 Å². The molecule has 0 fully saturated rings. The molecule has 2 aromatic carbocycles. The van der Waals surface area contributed by atoms with Gasteiger partial charge in [-0.15, -0.1) is 4.40 Å². The number of nitrogens with one attached hydrogen (secondary N) is 2. The molecule has 126 valence electrons. The smallest absolute Gasteiger partial charge is 0.285 e. The molecule has 0 unspecified atom stereocenters. The van der Waals surface area contributed by atoms with E-state index in [1.54, 1.807) is 0 Å². The van der Waals surface area contributed by atoms with Gasteiger partial charge in [-0.1, -0.05) is 12.1 Å². The van der Waals surface area contributed by atoms with E-state index in [0.29, 0.717) is 5.56 Å². The highest BCUT2D eigenvalue weighted by Crippen LogP contribution is 2.28. The molecular formula is C14H12FN3O4S2. The van der Waals surface area contributed by atoms with Gasteiger partial charge >= 0.3 is 0 Å². The second-order valence-corrected chi connectivity index (χ2v) is 8.33. The second kappa shape index (κ2) is 5.96. The van der Waals surface area contributed by atoms with Crippen molar-refractivity contribution in [2.75, 3.05) is 5.32 Å². The monoisotopic (exact) mass is 369 g/mol. The average Bonchev–Trinajstić information content (AvgIpc) is 2.54. The third kappa shape index (κ3) is 3.30. The van der Waals surface area contributed by atoms with Gasteiger partial charge in [-0.2, -0.15) is 8.42 Å². The number of benzene rings is 2. The van der Waals surface area contributed by atoms with Crippen LogP contribution in [-0.4, -0.2) is 23.2 Å². The number of nitrogens with zero attached hydrogens (tertiary/aromatic N) is 1. The molecule has 0 aromatic heterocycles. The van der Waals surface area contributed by atoms with Crippen molar-refractivity contribution in [1.29, 1.82) is 0 Å². The minimum absolute atomic E-state index is 0.0527. The zero-order valence-electron chi connectivity index (χ0n) is 12.1. The lowest BCUT2D eigenvalue weighted by molar-refractivity contribution is 0.581. The summed E-state index contributed by atoms with van der Waals surface area (Å²) in [5, 5.41) is 2.64. The van der Waals surface area contributed by atoms with E-state index in [9.17, 15) is 21.2 Å². The van der Waals surface area contributed by atoms with Gasteiger partial charge in [0, 0.05) is 6.54 Å². The largest absolute Gasteiger partial charge is 0.345 e. The van der Waals surface area contributed by atoms with Crippen LogP contribution in [0.15, 0.2) is 56.7 Å². The van der Waals surface area contributed by atoms with Gasteiger partial charge in [0.25, 0.3) is 10.0 Å². The number of hydrogen-bond donors (Lipinski definition) is 2. The van der Waals surface area contributed by atoms with Gasteiger partial charge in [0.1, 0.15) is 17.1 Å². The fraction of sp³-hybridized carbons (Fsp3) is 0.0714. The van der Waals surface area contributed by atoms with E-state index < -0.39 is 25.9 Å². The van der Waals surface area contributed by atoms with Crippen LogP contribution in [0.5, 0.6) is 0 Å². The Hall–Kier alpha value is -2.30. The van der Waals surface area contributed by atoms with Crippen LogP contribution in [0.3, 0.4) is 0 Å². The van der Waals surface area contributed by atoms with E-state index in [2.05, 4.69) is 14.4 Å². The first-order chi connectivity index (χ1) is 11.3. The summed E-state index contributed by atoms with van der Waals surface area (Å²) in [5.41, 5.74) is 0.819. The van der Waals surface area contributed by atoms with Gasteiger partial charge in [0.15, 0.2) is 0 Å². The maximum atomic E-state index is 12.8. The Morgan fingerprint density at radius 2 is 1.83 bits per heavy atom. The lowest BCUT2D eigenvalue weighted by Gasteiger charge is -2.14. The standard InChI is InChI=1S/C14H12FN3O4S2/c15-11-3-1-10(2-4-11)8-17-23(19,20)12-5-6-13-14(7-12)24(21,22)18-9-16-13/h1-7,9,17H,8H2,(H,16,18). The van der Waals surface area contributed by atoms with E-state index in [4.69, 9.17) is 0 Å². The van der Waals surface area contributed by atoms with Crippen molar-refractivity contribution in [2.45, 2.75) is 16.3 Å². The Balaban J connectivity index is 1.87. The topological polar surface area (TPSA) is 105 Å². The predicted molar refractivity (Wildman–Crippen MR) is 86.2 cm³/mol. The summed E-state index contributed by atoms with van der Waals surface area (Å²) in [4.78, 5) is -0.416. The molecule has 0 saturated carbocycles. The third-order valence-corrected chi connectivity index (χ3v) is 6.01. The number of anilines is 1. The van der Waals surface area contributed by atoms with Crippen LogP contribution in [-0.2, 0) is 26.6 Å². The molecule has 1 heterocycles. The Bertz CT molecular complexity index is 1020. The fourth-order valence-corrected chi connectivity index (χ4v) is 4.19. The van der Waals surface area contributed by atoms with E-state index in [-0.39, 0.29) is 22.0 Å². The molecule has 0 radical (unpaired) electrons. The molecule has 1 aliphatic heterocycles. The molecule has 10 heteroatoms. The maximum absolute atomic E-state index is 12.8. The van der Waals surface area contributed by atoms with E-state index in [1.165, 1.54) is 36.4 Å². The number of fused-ring (bicyclic) bond motifs is 1.